The van der Waals surface area contributed by atoms with E-state index in [0.29, 0.717) is 5.92 Å². The van der Waals surface area contributed by atoms with Crippen molar-refractivity contribution in [3.05, 3.63) is 18.5 Å². The number of aromatic nitrogens is 2. The van der Waals surface area contributed by atoms with Gasteiger partial charge in [0.15, 0.2) is 0 Å². The minimum atomic E-state index is -0.743. The normalized spacial score (nSPS) is 18.5. The summed E-state index contributed by atoms with van der Waals surface area (Å²) in [6.07, 6.45) is 5.99. The van der Waals surface area contributed by atoms with Crippen molar-refractivity contribution < 1.29 is 9.90 Å². The van der Waals surface area contributed by atoms with Crippen LogP contribution in [0, 0.1) is 5.92 Å². The van der Waals surface area contributed by atoms with E-state index in [0.717, 1.165) is 12.8 Å². The molecule has 1 atom stereocenters. The maximum atomic E-state index is 10.6. The van der Waals surface area contributed by atoms with Gasteiger partial charge in [-0.15, -0.1) is 0 Å². The molecule has 1 aromatic rings. The van der Waals surface area contributed by atoms with E-state index in [2.05, 4.69) is 5.10 Å². The summed E-state index contributed by atoms with van der Waals surface area (Å²) in [6, 6.07) is 1.89. The number of rotatable bonds is 4. The van der Waals surface area contributed by atoms with Gasteiger partial charge in [0.25, 0.3) is 0 Å². The number of hydrogen-bond donors (Lipinski definition) is 1. The number of hydrogen-bond acceptors (Lipinski definition) is 2. The molecule has 2 rings (SSSR count). The Labute approximate surface area is 76.2 Å². The third kappa shape index (κ3) is 1.88. The highest BCUT2D eigenvalue weighted by Crippen LogP contribution is 2.41. The molecule has 1 aliphatic carbocycles. The maximum absolute atomic E-state index is 10.6. The molecule has 0 radical (unpaired) electrons. The molecule has 4 heteroatoms. The standard InChI is InChI=1S/C9H12N2O2/c12-9(13)6-8(7-2-3-7)11-5-1-4-10-11/h1,4-5,7-8H,2-3,6H2,(H,12,13). The summed E-state index contributed by atoms with van der Waals surface area (Å²) >= 11 is 0. The lowest BCUT2D eigenvalue weighted by atomic mass is 10.1. The molecule has 1 heterocycles. The van der Waals surface area contributed by atoms with Crippen molar-refractivity contribution >= 4 is 5.97 Å². The SMILES string of the molecule is O=C(O)CC(C1CC1)n1cccn1. The van der Waals surface area contributed by atoms with E-state index in [1.807, 2.05) is 12.3 Å². The predicted molar refractivity (Wildman–Crippen MR) is 46.2 cm³/mol. The van der Waals surface area contributed by atoms with Crippen LogP contribution in [-0.4, -0.2) is 20.9 Å². The van der Waals surface area contributed by atoms with Crippen LogP contribution in [0.3, 0.4) is 0 Å². The quantitative estimate of drug-likeness (QED) is 0.760. The molecule has 4 nitrogen and oxygen atoms in total. The first-order chi connectivity index (χ1) is 6.27. The number of carboxylic acids is 1. The van der Waals surface area contributed by atoms with Gasteiger partial charge >= 0.3 is 5.97 Å². The van der Waals surface area contributed by atoms with Crippen LogP contribution in [0.5, 0.6) is 0 Å². The van der Waals surface area contributed by atoms with Gasteiger partial charge in [-0.25, -0.2) is 0 Å². The largest absolute Gasteiger partial charge is 0.481 e. The molecule has 1 aliphatic rings. The smallest absolute Gasteiger partial charge is 0.305 e. The van der Waals surface area contributed by atoms with E-state index >= 15 is 0 Å². The van der Waals surface area contributed by atoms with Gasteiger partial charge in [0.2, 0.25) is 0 Å². The number of carbonyl (C=O) groups is 1. The zero-order valence-electron chi connectivity index (χ0n) is 7.26. The molecule has 1 saturated carbocycles. The third-order valence-corrected chi connectivity index (χ3v) is 2.41. The van der Waals surface area contributed by atoms with E-state index in [1.54, 1.807) is 10.9 Å². The Bertz CT molecular complexity index is 291. The Balaban J connectivity index is 2.09. The Kier molecular flexibility index (Phi) is 2.04. The van der Waals surface area contributed by atoms with E-state index < -0.39 is 5.97 Å². The molecule has 0 saturated heterocycles. The van der Waals surface area contributed by atoms with Crippen LogP contribution in [0.1, 0.15) is 25.3 Å². The molecule has 13 heavy (non-hydrogen) atoms. The summed E-state index contributed by atoms with van der Waals surface area (Å²) in [4.78, 5) is 10.6. The van der Waals surface area contributed by atoms with E-state index in [1.165, 1.54) is 0 Å². The highest BCUT2D eigenvalue weighted by Gasteiger charge is 2.34. The first kappa shape index (κ1) is 8.29. The first-order valence-corrected chi connectivity index (χ1v) is 4.48. The second kappa shape index (κ2) is 3.20. The number of nitrogens with zero attached hydrogens (tertiary/aromatic N) is 2. The number of carboxylic acid groups (broad SMARTS) is 1. The lowest BCUT2D eigenvalue weighted by molar-refractivity contribution is -0.138. The fourth-order valence-electron chi connectivity index (χ4n) is 1.61. The fraction of sp³-hybridized carbons (Fsp3) is 0.556. The van der Waals surface area contributed by atoms with Crippen LogP contribution in [0.15, 0.2) is 18.5 Å². The molecule has 0 aromatic carbocycles. The van der Waals surface area contributed by atoms with Gasteiger partial charge in [0, 0.05) is 12.4 Å². The van der Waals surface area contributed by atoms with Gasteiger partial charge in [-0.2, -0.15) is 5.10 Å². The average molecular weight is 180 g/mol. The molecule has 1 unspecified atom stereocenters. The van der Waals surface area contributed by atoms with Crippen LogP contribution in [-0.2, 0) is 4.79 Å². The topological polar surface area (TPSA) is 55.1 Å². The highest BCUT2D eigenvalue weighted by atomic mass is 16.4. The second-order valence-electron chi connectivity index (χ2n) is 3.49. The zero-order valence-corrected chi connectivity index (χ0v) is 7.26. The summed E-state index contributed by atoms with van der Waals surface area (Å²) in [5, 5.41) is 12.8. The molecule has 0 bridgehead atoms. The van der Waals surface area contributed by atoms with E-state index in [4.69, 9.17) is 5.11 Å². The second-order valence-corrected chi connectivity index (χ2v) is 3.49. The molecule has 1 aromatic heterocycles. The molecule has 70 valence electrons. The lowest BCUT2D eigenvalue weighted by Crippen LogP contribution is -2.15. The third-order valence-electron chi connectivity index (χ3n) is 2.41. The monoisotopic (exact) mass is 180 g/mol. The Morgan fingerprint density at radius 1 is 1.69 bits per heavy atom. The molecular weight excluding hydrogens is 168 g/mol. The molecule has 1 fully saturated rings. The molecular formula is C9H12N2O2. The van der Waals surface area contributed by atoms with Gasteiger partial charge in [0.05, 0.1) is 12.5 Å². The maximum Gasteiger partial charge on any atom is 0.305 e. The molecule has 0 amide bonds. The van der Waals surface area contributed by atoms with Crippen molar-refractivity contribution in [2.75, 3.05) is 0 Å². The summed E-state index contributed by atoms with van der Waals surface area (Å²) in [5.74, 6) is -0.219. The van der Waals surface area contributed by atoms with Gasteiger partial charge < -0.3 is 5.11 Å². The van der Waals surface area contributed by atoms with Crippen molar-refractivity contribution in [3.63, 3.8) is 0 Å². The van der Waals surface area contributed by atoms with Crippen molar-refractivity contribution in [3.8, 4) is 0 Å². The first-order valence-electron chi connectivity index (χ1n) is 4.48. The Morgan fingerprint density at radius 2 is 2.46 bits per heavy atom. The zero-order chi connectivity index (χ0) is 9.26. The van der Waals surface area contributed by atoms with Gasteiger partial charge in [0.1, 0.15) is 0 Å². The molecule has 1 N–H and O–H groups in total. The predicted octanol–water partition coefficient (Wildman–Crippen LogP) is 1.31. The average Bonchev–Trinajstić information content (AvgIpc) is 2.77. The van der Waals surface area contributed by atoms with Crippen LogP contribution in [0.4, 0.5) is 0 Å². The Hall–Kier alpha value is -1.32. The minimum Gasteiger partial charge on any atom is -0.481 e. The summed E-state index contributed by atoms with van der Waals surface area (Å²) < 4.78 is 1.77. The van der Waals surface area contributed by atoms with Crippen LogP contribution in [0.2, 0.25) is 0 Å². The van der Waals surface area contributed by atoms with Crippen LogP contribution >= 0.6 is 0 Å². The van der Waals surface area contributed by atoms with Gasteiger partial charge in [-0.3, -0.25) is 9.48 Å². The summed E-state index contributed by atoms with van der Waals surface area (Å²) in [7, 11) is 0. The minimum absolute atomic E-state index is 0.0625. The van der Waals surface area contributed by atoms with E-state index in [-0.39, 0.29) is 12.5 Å². The summed E-state index contributed by atoms with van der Waals surface area (Å²) in [5.41, 5.74) is 0. The molecule has 0 spiro atoms. The summed E-state index contributed by atoms with van der Waals surface area (Å²) in [6.45, 7) is 0. The fourth-order valence-corrected chi connectivity index (χ4v) is 1.61. The number of aliphatic carboxylic acids is 1. The van der Waals surface area contributed by atoms with Crippen molar-refractivity contribution in [2.24, 2.45) is 5.92 Å². The lowest BCUT2D eigenvalue weighted by Gasteiger charge is -2.13. The van der Waals surface area contributed by atoms with Crippen LogP contribution < -0.4 is 0 Å². The van der Waals surface area contributed by atoms with Crippen molar-refractivity contribution in [2.45, 2.75) is 25.3 Å². The van der Waals surface area contributed by atoms with E-state index in [9.17, 15) is 4.79 Å². The van der Waals surface area contributed by atoms with Gasteiger partial charge in [-0.1, -0.05) is 0 Å². The van der Waals surface area contributed by atoms with Gasteiger partial charge in [-0.05, 0) is 24.8 Å². The Morgan fingerprint density at radius 3 is 2.92 bits per heavy atom. The highest BCUT2D eigenvalue weighted by molar-refractivity contribution is 5.67. The van der Waals surface area contributed by atoms with Crippen molar-refractivity contribution in [1.29, 1.82) is 0 Å². The molecule has 0 aliphatic heterocycles. The van der Waals surface area contributed by atoms with Crippen LogP contribution in [0.25, 0.3) is 0 Å². The van der Waals surface area contributed by atoms with Crippen molar-refractivity contribution in [1.82, 2.24) is 9.78 Å².